The van der Waals surface area contributed by atoms with E-state index in [0.717, 1.165) is 46.1 Å². The van der Waals surface area contributed by atoms with Gasteiger partial charge in [-0.2, -0.15) is 0 Å². The maximum Gasteiger partial charge on any atom is 0.162 e. The molecule has 0 saturated carbocycles. The summed E-state index contributed by atoms with van der Waals surface area (Å²) < 4.78 is 0. The number of allylic oxidation sites excluding steroid dienone is 1. The Morgan fingerprint density at radius 2 is 1.07 bits per heavy atom. The van der Waals surface area contributed by atoms with Gasteiger partial charge in [-0.25, -0.2) is 0 Å². The van der Waals surface area contributed by atoms with Crippen LogP contribution in [0, 0.1) is 5.41 Å². The van der Waals surface area contributed by atoms with Crippen molar-refractivity contribution in [3.8, 4) is 0 Å². The Balaban J connectivity index is 1.38. The lowest BCUT2D eigenvalue weighted by Gasteiger charge is -2.51. The molecular weight excluding hydrogens is 538 g/mol. The van der Waals surface area contributed by atoms with Crippen molar-refractivity contribution in [2.45, 2.75) is 32.9 Å². The topological polar surface area (TPSA) is 26.8 Å². The quantitative estimate of drug-likeness (QED) is 0.201. The number of rotatable bonds is 6. The van der Waals surface area contributed by atoms with E-state index in [4.69, 9.17) is 0 Å². The third-order valence-corrected chi connectivity index (χ3v) is 8.73. The van der Waals surface area contributed by atoms with E-state index in [2.05, 4.69) is 168 Å². The maximum atomic E-state index is 13.7. The first-order chi connectivity index (χ1) is 21.5. The maximum absolute atomic E-state index is 13.7. The number of carbonyl (C=O) groups is 1. The van der Waals surface area contributed by atoms with Crippen LogP contribution in [0.15, 0.2) is 157 Å². The van der Waals surface area contributed by atoms with Crippen LogP contribution in [0.25, 0.3) is 0 Å². The highest BCUT2D eigenvalue weighted by molar-refractivity contribution is 6.00. The van der Waals surface area contributed by atoms with Gasteiger partial charge in [-0.1, -0.05) is 98.8 Å². The van der Waals surface area contributed by atoms with Crippen LogP contribution >= 0.6 is 0 Å². The van der Waals surface area contributed by atoms with E-state index >= 15 is 0 Å². The molecule has 1 aliphatic carbocycles. The van der Waals surface area contributed by atoms with E-state index in [9.17, 15) is 4.79 Å². The van der Waals surface area contributed by atoms with E-state index in [1.165, 1.54) is 5.56 Å². The lowest BCUT2D eigenvalue weighted by Crippen LogP contribution is -2.51. The summed E-state index contributed by atoms with van der Waals surface area (Å²) in [4.78, 5) is 20.8. The standard InChI is InChI=1S/C40H37N3O/c1-40(2)27-37-36(38(44)28-40)29-41(31-15-7-3-8-16-31)39(43(37)34-21-13-6-14-22-34)30-23-25-35(26-24-30)42(32-17-9-4-10-18-32)33-19-11-5-12-20-33/h3-26,39H,27-29H2,1-2H3. The van der Waals surface area contributed by atoms with Gasteiger partial charge >= 0.3 is 0 Å². The highest BCUT2D eigenvalue weighted by Gasteiger charge is 2.43. The van der Waals surface area contributed by atoms with Crippen molar-refractivity contribution in [1.82, 2.24) is 0 Å². The molecule has 5 aromatic rings. The van der Waals surface area contributed by atoms with Crippen molar-refractivity contribution in [2.75, 3.05) is 21.2 Å². The Bertz CT molecular complexity index is 1730. The molecule has 0 saturated heterocycles. The van der Waals surface area contributed by atoms with Crippen LogP contribution in [0.2, 0.25) is 0 Å². The molecule has 0 fully saturated rings. The minimum absolute atomic E-state index is 0.0991. The molecule has 0 aromatic heterocycles. The second kappa shape index (κ2) is 11.5. The van der Waals surface area contributed by atoms with Gasteiger partial charge in [0.2, 0.25) is 0 Å². The van der Waals surface area contributed by atoms with Gasteiger partial charge in [0.15, 0.2) is 5.78 Å². The van der Waals surface area contributed by atoms with Crippen molar-refractivity contribution >= 4 is 34.2 Å². The molecule has 5 aromatic carbocycles. The number of nitrogens with zero attached hydrogens (tertiary/aromatic N) is 3. The summed E-state index contributed by atoms with van der Waals surface area (Å²) in [6, 6.07) is 51.0. The van der Waals surface area contributed by atoms with Crippen LogP contribution in [0.1, 0.15) is 38.4 Å². The third kappa shape index (κ3) is 5.28. The largest absolute Gasteiger partial charge is 0.342 e. The van der Waals surface area contributed by atoms with E-state index in [-0.39, 0.29) is 17.4 Å². The monoisotopic (exact) mass is 575 g/mol. The SMILES string of the molecule is CC1(C)CC(=O)C2=C(C1)N(c1ccccc1)C(c1ccc(N(c3ccccc3)c3ccccc3)cc1)N(c1ccccc1)C2. The van der Waals surface area contributed by atoms with Gasteiger partial charge in [0, 0.05) is 46.1 Å². The van der Waals surface area contributed by atoms with Crippen LogP contribution in [0.4, 0.5) is 28.4 Å². The highest BCUT2D eigenvalue weighted by atomic mass is 16.1. The van der Waals surface area contributed by atoms with Crippen LogP contribution in [-0.2, 0) is 4.79 Å². The third-order valence-electron chi connectivity index (χ3n) is 8.73. The van der Waals surface area contributed by atoms with Crippen LogP contribution in [0.5, 0.6) is 0 Å². The van der Waals surface area contributed by atoms with Gasteiger partial charge < -0.3 is 14.7 Å². The minimum Gasteiger partial charge on any atom is -0.342 e. The van der Waals surface area contributed by atoms with Gasteiger partial charge in [0.25, 0.3) is 0 Å². The lowest BCUT2D eigenvalue weighted by atomic mass is 9.74. The number of anilines is 5. The van der Waals surface area contributed by atoms with Crippen molar-refractivity contribution in [3.05, 3.63) is 162 Å². The van der Waals surface area contributed by atoms with Crippen LogP contribution < -0.4 is 14.7 Å². The van der Waals surface area contributed by atoms with Gasteiger partial charge in [-0.15, -0.1) is 0 Å². The molecule has 1 aliphatic heterocycles. The molecule has 2 aliphatic rings. The second-order valence-electron chi connectivity index (χ2n) is 12.5. The van der Waals surface area contributed by atoms with Gasteiger partial charge in [0.1, 0.15) is 6.17 Å². The zero-order chi connectivity index (χ0) is 30.1. The molecule has 0 spiro atoms. The summed E-state index contributed by atoms with van der Waals surface area (Å²) in [5, 5.41) is 0. The van der Waals surface area contributed by atoms with Crippen LogP contribution in [0.3, 0.4) is 0 Å². The van der Waals surface area contributed by atoms with E-state index in [1.54, 1.807) is 0 Å². The zero-order valence-electron chi connectivity index (χ0n) is 25.3. The summed E-state index contributed by atoms with van der Waals surface area (Å²) in [5.74, 6) is 0.258. The number of para-hydroxylation sites is 4. The fourth-order valence-electron chi connectivity index (χ4n) is 6.74. The normalized spacial score (nSPS) is 17.8. The fourth-order valence-corrected chi connectivity index (χ4v) is 6.74. The van der Waals surface area contributed by atoms with E-state index in [0.29, 0.717) is 13.0 Å². The number of ketones is 1. The van der Waals surface area contributed by atoms with Gasteiger partial charge in [0.05, 0.1) is 6.54 Å². The van der Waals surface area contributed by atoms with Crippen molar-refractivity contribution in [1.29, 1.82) is 0 Å². The number of hydrogen-bond donors (Lipinski definition) is 0. The summed E-state index contributed by atoms with van der Waals surface area (Å²) >= 11 is 0. The predicted molar refractivity (Wildman–Crippen MR) is 182 cm³/mol. The van der Waals surface area contributed by atoms with Crippen molar-refractivity contribution < 1.29 is 4.79 Å². The molecular formula is C40H37N3O. The molecule has 4 heteroatoms. The number of carbonyl (C=O) groups excluding carboxylic acids is 1. The number of benzene rings is 5. The fraction of sp³-hybridized carbons (Fsp3) is 0.175. The Kier molecular flexibility index (Phi) is 7.27. The molecule has 0 bridgehead atoms. The molecule has 0 radical (unpaired) electrons. The molecule has 218 valence electrons. The van der Waals surface area contributed by atoms with E-state index in [1.807, 2.05) is 6.07 Å². The Labute approximate surface area is 260 Å². The van der Waals surface area contributed by atoms with Gasteiger partial charge in [-0.05, 0) is 78.1 Å². The van der Waals surface area contributed by atoms with Gasteiger partial charge in [-0.3, -0.25) is 4.79 Å². The highest BCUT2D eigenvalue weighted by Crippen LogP contribution is 2.48. The van der Waals surface area contributed by atoms with E-state index < -0.39 is 0 Å². The summed E-state index contributed by atoms with van der Waals surface area (Å²) in [6.45, 7) is 5.02. The molecule has 7 rings (SSSR count). The number of Topliss-reactive ketones (excluding diaryl/α,β-unsaturated/α-hetero) is 1. The average Bonchev–Trinajstić information content (AvgIpc) is 3.06. The number of hydrogen-bond acceptors (Lipinski definition) is 4. The van der Waals surface area contributed by atoms with Crippen molar-refractivity contribution in [3.63, 3.8) is 0 Å². The lowest BCUT2D eigenvalue weighted by molar-refractivity contribution is -0.118. The Morgan fingerprint density at radius 3 is 1.61 bits per heavy atom. The van der Waals surface area contributed by atoms with Crippen molar-refractivity contribution in [2.24, 2.45) is 5.41 Å². The molecule has 1 heterocycles. The molecule has 1 atom stereocenters. The second-order valence-corrected chi connectivity index (χ2v) is 12.5. The molecule has 1 unspecified atom stereocenters. The summed E-state index contributed by atoms with van der Waals surface area (Å²) in [6.07, 6.45) is 1.30. The summed E-state index contributed by atoms with van der Waals surface area (Å²) in [5.41, 5.74) is 8.66. The molecule has 44 heavy (non-hydrogen) atoms. The smallest absolute Gasteiger partial charge is 0.162 e. The average molecular weight is 576 g/mol. The Hall–Kier alpha value is -5.09. The first kappa shape index (κ1) is 27.7. The Morgan fingerprint density at radius 1 is 0.591 bits per heavy atom. The zero-order valence-corrected chi connectivity index (χ0v) is 25.3. The molecule has 0 amide bonds. The predicted octanol–water partition coefficient (Wildman–Crippen LogP) is 9.82. The molecule has 4 nitrogen and oxygen atoms in total. The first-order valence-electron chi connectivity index (χ1n) is 15.4. The van der Waals surface area contributed by atoms with Crippen LogP contribution in [-0.4, -0.2) is 12.3 Å². The molecule has 0 N–H and O–H groups in total. The first-order valence-corrected chi connectivity index (χ1v) is 15.4. The minimum atomic E-state index is -0.129. The summed E-state index contributed by atoms with van der Waals surface area (Å²) in [7, 11) is 0.